The molecular weight excluding hydrogens is 697 g/mol. The van der Waals surface area contributed by atoms with Gasteiger partial charge in [-0.05, 0) is 129 Å². The molecule has 0 saturated heterocycles. The maximum Gasteiger partial charge on any atom is 0.326 e. The molecule has 2 unspecified atom stereocenters. The van der Waals surface area contributed by atoms with Crippen LogP contribution >= 0.6 is 0 Å². The van der Waals surface area contributed by atoms with Crippen LogP contribution in [0.3, 0.4) is 0 Å². The lowest BCUT2D eigenvalue weighted by atomic mass is 10.0. The van der Waals surface area contributed by atoms with E-state index in [2.05, 4.69) is 92.1 Å². The quantitative estimate of drug-likeness (QED) is 0.0324. The van der Waals surface area contributed by atoms with Crippen LogP contribution in [0.25, 0.3) is 0 Å². The zero-order valence-electron chi connectivity index (χ0n) is 36.0. The molecule has 0 aromatic carbocycles. The van der Waals surface area contributed by atoms with E-state index in [1.807, 2.05) is 0 Å². The number of rotatable bonds is 40. The number of hydrogen-bond acceptors (Lipinski definition) is 5. The highest BCUT2D eigenvalue weighted by Gasteiger charge is 2.19. The molecule has 2 atom stereocenters. The molecule has 0 aromatic heterocycles. The Morgan fingerprint density at radius 1 is 0.536 bits per heavy atom. The molecule has 0 aliphatic rings. The SMILES string of the molecule is CC/C=C\C/C=C\C/C=C\C/C=C\CCCCC(CCCCCCCC(=O)NC(CCCN)C(=O)O)OC(=O)CCCCCCC/C=C\C/C=C\CCCCC. The second-order valence-corrected chi connectivity index (χ2v) is 15.1. The second-order valence-electron chi connectivity index (χ2n) is 15.1. The smallest absolute Gasteiger partial charge is 0.326 e. The predicted octanol–water partition coefficient (Wildman–Crippen LogP) is 13.1. The van der Waals surface area contributed by atoms with E-state index in [1.165, 1.54) is 38.5 Å². The molecule has 0 bridgehead atoms. The summed E-state index contributed by atoms with van der Waals surface area (Å²) in [6, 6.07) is -0.866. The molecule has 0 fully saturated rings. The maximum atomic E-state index is 12.8. The van der Waals surface area contributed by atoms with Crippen molar-refractivity contribution >= 4 is 17.8 Å². The summed E-state index contributed by atoms with van der Waals surface area (Å²) < 4.78 is 6.03. The number of amides is 1. The lowest BCUT2D eigenvalue weighted by Crippen LogP contribution is -2.40. The fourth-order valence-electron chi connectivity index (χ4n) is 6.35. The molecule has 0 aliphatic carbocycles. The largest absolute Gasteiger partial charge is 0.480 e. The van der Waals surface area contributed by atoms with Gasteiger partial charge in [-0.3, -0.25) is 9.59 Å². The molecule has 0 aliphatic heterocycles. The van der Waals surface area contributed by atoms with Crippen molar-refractivity contribution in [3.8, 4) is 0 Å². The minimum absolute atomic E-state index is 0.0369. The van der Waals surface area contributed by atoms with Gasteiger partial charge in [0.25, 0.3) is 0 Å². The fourth-order valence-corrected chi connectivity index (χ4v) is 6.35. The van der Waals surface area contributed by atoms with Crippen molar-refractivity contribution in [3.63, 3.8) is 0 Å². The van der Waals surface area contributed by atoms with E-state index in [0.29, 0.717) is 32.2 Å². The summed E-state index contributed by atoms with van der Waals surface area (Å²) in [7, 11) is 0. The number of carbonyl (C=O) groups excluding carboxylic acids is 2. The molecule has 0 saturated carbocycles. The van der Waals surface area contributed by atoms with Crippen molar-refractivity contribution in [2.75, 3.05) is 6.54 Å². The number of carboxylic acid groups (broad SMARTS) is 1. The van der Waals surface area contributed by atoms with Gasteiger partial charge in [0.15, 0.2) is 0 Å². The van der Waals surface area contributed by atoms with E-state index in [0.717, 1.165) is 122 Å². The van der Waals surface area contributed by atoms with Gasteiger partial charge >= 0.3 is 11.9 Å². The Morgan fingerprint density at radius 2 is 0.982 bits per heavy atom. The summed E-state index contributed by atoms with van der Waals surface area (Å²) in [5.41, 5.74) is 5.49. The predicted molar refractivity (Wildman–Crippen MR) is 239 cm³/mol. The van der Waals surface area contributed by atoms with Crippen LogP contribution in [0.15, 0.2) is 72.9 Å². The minimum Gasteiger partial charge on any atom is -0.480 e. The molecule has 0 rings (SSSR count). The number of unbranched alkanes of at least 4 members (excludes halogenated alkanes) is 14. The number of nitrogens with one attached hydrogen (secondary N) is 1. The number of aliphatic carboxylic acids is 1. The summed E-state index contributed by atoms with van der Waals surface area (Å²) in [5.74, 6) is -1.28. The van der Waals surface area contributed by atoms with Gasteiger partial charge in [0.1, 0.15) is 12.1 Å². The van der Waals surface area contributed by atoms with E-state index in [-0.39, 0.29) is 18.0 Å². The van der Waals surface area contributed by atoms with Gasteiger partial charge in [-0.1, -0.05) is 138 Å². The number of carboxylic acids is 1. The third-order valence-electron chi connectivity index (χ3n) is 9.76. The van der Waals surface area contributed by atoms with Crippen LogP contribution in [0.2, 0.25) is 0 Å². The molecule has 56 heavy (non-hydrogen) atoms. The van der Waals surface area contributed by atoms with Gasteiger partial charge in [0.2, 0.25) is 5.91 Å². The Balaban J connectivity index is 4.47. The summed E-state index contributed by atoms with van der Waals surface area (Å²) in [6.07, 6.45) is 55.1. The topological polar surface area (TPSA) is 119 Å². The van der Waals surface area contributed by atoms with E-state index < -0.39 is 12.0 Å². The van der Waals surface area contributed by atoms with Crippen molar-refractivity contribution in [1.82, 2.24) is 5.32 Å². The van der Waals surface area contributed by atoms with E-state index in [4.69, 9.17) is 10.5 Å². The van der Waals surface area contributed by atoms with Gasteiger partial charge in [-0.15, -0.1) is 0 Å². The zero-order chi connectivity index (χ0) is 41.0. The van der Waals surface area contributed by atoms with Crippen molar-refractivity contribution < 1.29 is 24.2 Å². The number of allylic oxidation sites excluding steroid dienone is 12. The molecule has 1 amide bonds. The molecule has 4 N–H and O–H groups in total. The first-order valence-electron chi connectivity index (χ1n) is 22.8. The number of ether oxygens (including phenoxy) is 1. The second kappa shape index (κ2) is 42.9. The van der Waals surface area contributed by atoms with Crippen LogP contribution in [0, 0.1) is 0 Å². The van der Waals surface area contributed by atoms with E-state index in [9.17, 15) is 19.5 Å². The molecule has 320 valence electrons. The van der Waals surface area contributed by atoms with Crippen LogP contribution in [0.4, 0.5) is 0 Å². The van der Waals surface area contributed by atoms with Crippen LogP contribution in [0.5, 0.6) is 0 Å². The first kappa shape index (κ1) is 52.8. The van der Waals surface area contributed by atoms with Gasteiger partial charge in [0.05, 0.1) is 0 Å². The Kier molecular flexibility index (Phi) is 40.5. The van der Waals surface area contributed by atoms with Crippen molar-refractivity contribution in [1.29, 1.82) is 0 Å². The average Bonchev–Trinajstić information content (AvgIpc) is 3.18. The Bertz CT molecular complexity index is 1110. The number of nitrogens with two attached hydrogens (primary N) is 1. The summed E-state index contributed by atoms with van der Waals surface area (Å²) >= 11 is 0. The van der Waals surface area contributed by atoms with Crippen LogP contribution in [-0.4, -0.2) is 41.6 Å². The third-order valence-corrected chi connectivity index (χ3v) is 9.76. The standard InChI is InChI=1S/C49H84N2O5/c1-3-5-7-9-11-13-15-17-19-21-23-25-27-30-34-39-45(40-35-31-29-32-36-42-47(52)51-46(49(54)55)41-38-44-50)56-48(53)43-37-33-28-26-24-22-20-18-16-14-12-10-8-6-4-2/h5,7,11-14,17-20,23,25,45-46H,3-4,6,8-10,15-16,21-22,24,26-44,50H2,1-2H3,(H,51,52)(H,54,55)/b7-5-,13-11-,14-12-,19-17-,20-18-,25-23-. The first-order chi connectivity index (χ1) is 27.4. The van der Waals surface area contributed by atoms with E-state index >= 15 is 0 Å². The van der Waals surface area contributed by atoms with Gasteiger partial charge in [-0.2, -0.15) is 0 Å². The molecule has 0 spiro atoms. The van der Waals surface area contributed by atoms with Gasteiger partial charge in [0, 0.05) is 12.8 Å². The molecule has 0 radical (unpaired) electrons. The maximum absolute atomic E-state index is 12.8. The highest BCUT2D eigenvalue weighted by Crippen LogP contribution is 2.18. The summed E-state index contributed by atoms with van der Waals surface area (Å²) in [5, 5.41) is 11.9. The summed E-state index contributed by atoms with van der Waals surface area (Å²) in [4.78, 5) is 36.4. The molecule has 0 aromatic rings. The molecule has 7 heteroatoms. The number of carbonyl (C=O) groups is 3. The van der Waals surface area contributed by atoms with Crippen molar-refractivity contribution in [2.45, 2.75) is 212 Å². The third kappa shape index (κ3) is 39.1. The number of hydrogen-bond donors (Lipinski definition) is 3. The minimum atomic E-state index is -1.01. The highest BCUT2D eigenvalue weighted by molar-refractivity contribution is 5.83. The zero-order valence-corrected chi connectivity index (χ0v) is 36.0. The van der Waals surface area contributed by atoms with Crippen molar-refractivity contribution in [2.24, 2.45) is 5.73 Å². The number of esters is 1. The monoisotopic (exact) mass is 781 g/mol. The lowest BCUT2D eigenvalue weighted by molar-refractivity contribution is -0.150. The van der Waals surface area contributed by atoms with Crippen molar-refractivity contribution in [3.05, 3.63) is 72.9 Å². The van der Waals surface area contributed by atoms with Gasteiger partial charge < -0.3 is 20.9 Å². The van der Waals surface area contributed by atoms with Crippen LogP contribution < -0.4 is 11.1 Å². The Morgan fingerprint density at radius 3 is 1.52 bits per heavy atom. The first-order valence-corrected chi connectivity index (χ1v) is 22.8. The van der Waals surface area contributed by atoms with Crippen LogP contribution in [0.1, 0.15) is 200 Å². The molecule has 0 heterocycles. The lowest BCUT2D eigenvalue weighted by Gasteiger charge is -2.18. The Hall–Kier alpha value is -3.19. The molecular formula is C49H84N2O5. The van der Waals surface area contributed by atoms with Gasteiger partial charge in [-0.25, -0.2) is 4.79 Å². The molecule has 7 nitrogen and oxygen atoms in total. The normalized spacial score (nSPS) is 13.3. The van der Waals surface area contributed by atoms with E-state index in [1.54, 1.807) is 0 Å². The van der Waals surface area contributed by atoms with Crippen LogP contribution in [-0.2, 0) is 19.1 Å². The Labute approximate surface area is 343 Å². The fraction of sp³-hybridized carbons (Fsp3) is 0.694. The highest BCUT2D eigenvalue weighted by atomic mass is 16.5. The average molecular weight is 781 g/mol. The summed E-state index contributed by atoms with van der Waals surface area (Å²) in [6.45, 7) is 4.80.